The van der Waals surface area contributed by atoms with Gasteiger partial charge in [0.1, 0.15) is 17.9 Å². The molecule has 0 radical (unpaired) electrons. The maximum absolute atomic E-state index is 5.30. The first-order chi connectivity index (χ1) is 13.0. The van der Waals surface area contributed by atoms with E-state index >= 15 is 0 Å². The van der Waals surface area contributed by atoms with Crippen molar-refractivity contribution in [2.45, 2.75) is 20.4 Å². The Labute approximate surface area is 159 Å². The molecule has 2 aromatic heterocycles. The van der Waals surface area contributed by atoms with Crippen molar-refractivity contribution in [1.82, 2.24) is 20.0 Å². The molecule has 0 unspecified atom stereocenters. The van der Waals surface area contributed by atoms with E-state index in [1.165, 1.54) is 11.3 Å². The minimum Gasteiger partial charge on any atom is -0.369 e. The molecule has 1 saturated heterocycles. The van der Waals surface area contributed by atoms with Crippen LogP contribution in [0, 0.1) is 13.8 Å². The molecule has 0 atom stereocenters. The van der Waals surface area contributed by atoms with Gasteiger partial charge in [-0.25, -0.2) is 9.97 Å². The van der Waals surface area contributed by atoms with Crippen molar-refractivity contribution < 1.29 is 4.52 Å². The lowest BCUT2D eigenvalue weighted by Gasteiger charge is -2.36. The summed E-state index contributed by atoms with van der Waals surface area (Å²) < 4.78 is 5.30. The van der Waals surface area contributed by atoms with Crippen LogP contribution in [0.5, 0.6) is 0 Å². The van der Waals surface area contributed by atoms with Crippen LogP contribution in [0.3, 0.4) is 0 Å². The number of hydrogen-bond donors (Lipinski definition) is 0. The van der Waals surface area contributed by atoms with Crippen LogP contribution in [0.15, 0.2) is 29.0 Å². The van der Waals surface area contributed by atoms with Gasteiger partial charge >= 0.3 is 0 Å². The van der Waals surface area contributed by atoms with Gasteiger partial charge in [0.05, 0.1) is 11.2 Å². The lowest BCUT2D eigenvalue weighted by atomic mass is 10.1. The zero-order valence-corrected chi connectivity index (χ0v) is 16.4. The maximum Gasteiger partial charge on any atom is 0.139 e. The summed E-state index contributed by atoms with van der Waals surface area (Å²) in [6, 6.07) is 6.48. The average molecular weight is 366 g/mol. The van der Waals surface area contributed by atoms with E-state index in [2.05, 4.69) is 43.1 Å². The largest absolute Gasteiger partial charge is 0.369 e. The highest BCUT2D eigenvalue weighted by atomic mass is 16.5. The van der Waals surface area contributed by atoms with Crippen molar-refractivity contribution in [1.29, 1.82) is 0 Å². The van der Waals surface area contributed by atoms with Crippen molar-refractivity contribution in [3.05, 3.63) is 41.5 Å². The Balaban J connectivity index is 1.49. The zero-order valence-electron chi connectivity index (χ0n) is 16.4. The zero-order chi connectivity index (χ0) is 19.0. The number of benzene rings is 1. The molecule has 142 valence electrons. The molecular weight excluding hydrogens is 340 g/mol. The summed E-state index contributed by atoms with van der Waals surface area (Å²) >= 11 is 0. The molecule has 0 saturated carbocycles. The number of piperazine rings is 1. The second kappa shape index (κ2) is 7.15. The van der Waals surface area contributed by atoms with Gasteiger partial charge in [0.15, 0.2) is 0 Å². The van der Waals surface area contributed by atoms with Crippen LogP contribution in [-0.2, 0) is 6.54 Å². The molecule has 0 spiro atoms. The summed E-state index contributed by atoms with van der Waals surface area (Å²) in [5.74, 6) is 1.89. The predicted molar refractivity (Wildman–Crippen MR) is 107 cm³/mol. The topological polar surface area (TPSA) is 61.5 Å². The Morgan fingerprint density at radius 3 is 2.52 bits per heavy atom. The molecule has 7 heteroatoms. The standard InChI is InChI=1S/C20H26N6O/c1-14-18(15(2)27-23-14)12-25-7-9-26(10-8-25)16-5-6-19-17(11-16)20(24(3)4)22-13-21-19/h5-6,11,13H,7-10,12H2,1-4H3. The monoisotopic (exact) mass is 366 g/mol. The molecule has 0 aliphatic carbocycles. The Morgan fingerprint density at radius 2 is 1.85 bits per heavy atom. The minimum atomic E-state index is 0.908. The van der Waals surface area contributed by atoms with Gasteiger partial charge in [0, 0.05) is 63.5 Å². The third-order valence-corrected chi connectivity index (χ3v) is 5.32. The van der Waals surface area contributed by atoms with Crippen molar-refractivity contribution in [3.8, 4) is 0 Å². The molecule has 27 heavy (non-hydrogen) atoms. The summed E-state index contributed by atoms with van der Waals surface area (Å²) in [5.41, 5.74) is 4.44. The average Bonchev–Trinajstić information content (AvgIpc) is 2.99. The number of aromatic nitrogens is 3. The van der Waals surface area contributed by atoms with E-state index in [1.54, 1.807) is 6.33 Å². The molecule has 1 aromatic carbocycles. The SMILES string of the molecule is Cc1noc(C)c1CN1CCN(c2ccc3ncnc(N(C)C)c3c2)CC1. The van der Waals surface area contributed by atoms with Gasteiger partial charge in [-0.15, -0.1) is 0 Å². The van der Waals surface area contributed by atoms with Gasteiger partial charge in [-0.2, -0.15) is 0 Å². The van der Waals surface area contributed by atoms with E-state index in [9.17, 15) is 0 Å². The van der Waals surface area contributed by atoms with E-state index in [-0.39, 0.29) is 0 Å². The molecular formula is C20H26N6O. The Hall–Kier alpha value is -2.67. The summed E-state index contributed by atoms with van der Waals surface area (Å²) in [6.45, 7) is 8.96. The van der Waals surface area contributed by atoms with Gasteiger partial charge in [0.2, 0.25) is 0 Å². The van der Waals surface area contributed by atoms with Gasteiger partial charge in [-0.3, -0.25) is 4.90 Å². The highest BCUT2D eigenvalue weighted by molar-refractivity contribution is 5.91. The normalized spacial score (nSPS) is 15.5. The molecule has 4 rings (SSSR count). The number of fused-ring (bicyclic) bond motifs is 1. The molecule has 7 nitrogen and oxygen atoms in total. The van der Waals surface area contributed by atoms with Crippen LogP contribution in [0.2, 0.25) is 0 Å². The molecule has 3 heterocycles. The first-order valence-electron chi connectivity index (χ1n) is 9.34. The fourth-order valence-corrected chi connectivity index (χ4v) is 3.70. The summed E-state index contributed by atoms with van der Waals surface area (Å²) in [4.78, 5) is 15.8. The second-order valence-electron chi connectivity index (χ2n) is 7.36. The second-order valence-corrected chi connectivity index (χ2v) is 7.36. The van der Waals surface area contributed by atoms with Crippen molar-refractivity contribution in [2.24, 2.45) is 0 Å². The first kappa shape index (κ1) is 17.7. The van der Waals surface area contributed by atoms with Crippen LogP contribution >= 0.6 is 0 Å². The molecule has 1 fully saturated rings. The lowest BCUT2D eigenvalue weighted by molar-refractivity contribution is 0.248. The van der Waals surface area contributed by atoms with Crippen LogP contribution < -0.4 is 9.80 Å². The van der Waals surface area contributed by atoms with E-state index in [0.29, 0.717) is 0 Å². The molecule has 1 aliphatic heterocycles. The summed E-state index contributed by atoms with van der Waals surface area (Å²) in [5, 5.41) is 5.16. The lowest BCUT2D eigenvalue weighted by Crippen LogP contribution is -2.46. The van der Waals surface area contributed by atoms with Crippen LogP contribution in [0.4, 0.5) is 11.5 Å². The van der Waals surface area contributed by atoms with Crippen molar-refractivity contribution in [3.63, 3.8) is 0 Å². The first-order valence-corrected chi connectivity index (χ1v) is 9.34. The number of aryl methyl sites for hydroxylation is 2. The number of rotatable bonds is 4. The predicted octanol–water partition coefficient (Wildman–Crippen LogP) is 2.62. The van der Waals surface area contributed by atoms with Crippen LogP contribution in [0.1, 0.15) is 17.0 Å². The third kappa shape index (κ3) is 3.47. The molecule has 0 N–H and O–H groups in total. The fourth-order valence-electron chi connectivity index (χ4n) is 3.70. The quantitative estimate of drug-likeness (QED) is 0.703. The smallest absolute Gasteiger partial charge is 0.139 e. The van der Waals surface area contributed by atoms with E-state index in [1.807, 2.05) is 32.8 Å². The fraction of sp³-hybridized carbons (Fsp3) is 0.450. The Kier molecular flexibility index (Phi) is 4.70. The highest BCUT2D eigenvalue weighted by Crippen LogP contribution is 2.27. The number of anilines is 2. The van der Waals surface area contributed by atoms with Crippen LogP contribution in [-0.4, -0.2) is 60.3 Å². The Bertz CT molecular complexity index is 923. The highest BCUT2D eigenvalue weighted by Gasteiger charge is 2.20. The van der Waals surface area contributed by atoms with Gasteiger partial charge in [-0.05, 0) is 32.0 Å². The van der Waals surface area contributed by atoms with Crippen molar-refractivity contribution >= 4 is 22.4 Å². The number of hydrogen-bond acceptors (Lipinski definition) is 7. The summed E-state index contributed by atoms with van der Waals surface area (Å²) in [6.07, 6.45) is 1.63. The number of nitrogens with zero attached hydrogens (tertiary/aromatic N) is 6. The maximum atomic E-state index is 5.30. The Morgan fingerprint density at radius 1 is 1.07 bits per heavy atom. The molecule has 0 amide bonds. The van der Waals surface area contributed by atoms with Gasteiger partial charge in [0.25, 0.3) is 0 Å². The van der Waals surface area contributed by atoms with E-state index < -0.39 is 0 Å². The summed E-state index contributed by atoms with van der Waals surface area (Å²) in [7, 11) is 4.03. The molecule has 3 aromatic rings. The minimum absolute atomic E-state index is 0.908. The van der Waals surface area contributed by atoms with Gasteiger partial charge < -0.3 is 14.3 Å². The van der Waals surface area contributed by atoms with E-state index in [4.69, 9.17) is 4.52 Å². The third-order valence-electron chi connectivity index (χ3n) is 5.32. The molecule has 1 aliphatic rings. The van der Waals surface area contributed by atoms with Crippen molar-refractivity contribution in [2.75, 3.05) is 50.1 Å². The molecule has 0 bridgehead atoms. The van der Waals surface area contributed by atoms with E-state index in [0.717, 1.165) is 60.9 Å². The van der Waals surface area contributed by atoms with Crippen LogP contribution in [0.25, 0.3) is 10.9 Å². The van der Waals surface area contributed by atoms with Gasteiger partial charge in [-0.1, -0.05) is 5.16 Å².